The Balaban J connectivity index is 1.86. The molecule has 3 heteroatoms. The first-order chi connectivity index (χ1) is 8.69. The second-order valence-corrected chi connectivity index (χ2v) is 5.06. The highest BCUT2D eigenvalue weighted by Crippen LogP contribution is 2.16. The number of benzene rings is 1. The summed E-state index contributed by atoms with van der Waals surface area (Å²) in [6.07, 6.45) is 3.44. The van der Waals surface area contributed by atoms with Crippen molar-refractivity contribution in [3.63, 3.8) is 0 Å². The molecule has 0 aliphatic carbocycles. The maximum absolute atomic E-state index is 11.9. The number of carbonyl (C=O) groups excluding carboxylic acids is 1. The molecule has 1 saturated heterocycles. The number of hydrogen-bond donors (Lipinski definition) is 1. The summed E-state index contributed by atoms with van der Waals surface area (Å²) in [7, 11) is 0. The lowest BCUT2D eigenvalue weighted by molar-refractivity contribution is -0.117. The summed E-state index contributed by atoms with van der Waals surface area (Å²) in [5, 5.41) is 2.96. The second-order valence-electron chi connectivity index (χ2n) is 5.06. The van der Waals surface area contributed by atoms with Crippen LogP contribution >= 0.6 is 0 Å². The average Bonchev–Trinajstić information content (AvgIpc) is 2.76. The third-order valence-electron chi connectivity index (χ3n) is 3.68. The van der Waals surface area contributed by atoms with Gasteiger partial charge in [0.05, 0.1) is 6.54 Å². The number of likely N-dealkylation sites (tertiary alicyclic amines) is 1. The molecule has 0 saturated carbocycles. The van der Waals surface area contributed by atoms with Crippen LogP contribution in [0.25, 0.3) is 0 Å². The normalized spacial score (nSPS) is 20.0. The van der Waals surface area contributed by atoms with Crippen molar-refractivity contribution < 1.29 is 4.79 Å². The summed E-state index contributed by atoms with van der Waals surface area (Å²) < 4.78 is 0. The van der Waals surface area contributed by atoms with Crippen LogP contribution in [0.1, 0.15) is 32.3 Å². The van der Waals surface area contributed by atoms with Crippen LogP contribution < -0.4 is 5.32 Å². The van der Waals surface area contributed by atoms with Crippen LogP contribution in [0.2, 0.25) is 0 Å². The van der Waals surface area contributed by atoms with Crippen LogP contribution in [0.5, 0.6) is 0 Å². The lowest BCUT2D eigenvalue weighted by Gasteiger charge is -2.20. The highest BCUT2D eigenvalue weighted by atomic mass is 16.2. The zero-order chi connectivity index (χ0) is 13.0. The van der Waals surface area contributed by atoms with Crippen LogP contribution in [0.3, 0.4) is 0 Å². The van der Waals surface area contributed by atoms with E-state index < -0.39 is 0 Å². The van der Waals surface area contributed by atoms with Crippen molar-refractivity contribution in [2.45, 2.75) is 39.2 Å². The van der Waals surface area contributed by atoms with Gasteiger partial charge in [-0.25, -0.2) is 0 Å². The lowest BCUT2D eigenvalue weighted by Crippen LogP contribution is -2.35. The molecular formula is C15H22N2O. The molecule has 1 heterocycles. The molecule has 1 aliphatic rings. The maximum atomic E-state index is 11.9. The van der Waals surface area contributed by atoms with E-state index in [0.29, 0.717) is 12.6 Å². The van der Waals surface area contributed by atoms with Crippen LogP contribution in [-0.2, 0) is 11.2 Å². The van der Waals surface area contributed by atoms with Gasteiger partial charge < -0.3 is 5.32 Å². The second kappa shape index (κ2) is 6.01. The number of nitrogens with one attached hydrogen (secondary N) is 1. The van der Waals surface area contributed by atoms with Gasteiger partial charge in [-0.2, -0.15) is 0 Å². The zero-order valence-corrected chi connectivity index (χ0v) is 11.3. The molecule has 2 rings (SSSR count). The molecule has 1 aromatic carbocycles. The topological polar surface area (TPSA) is 32.3 Å². The van der Waals surface area contributed by atoms with Crippen molar-refractivity contribution in [1.82, 2.24) is 4.90 Å². The summed E-state index contributed by atoms with van der Waals surface area (Å²) in [6.45, 7) is 5.87. The van der Waals surface area contributed by atoms with E-state index in [1.807, 2.05) is 12.1 Å². The Morgan fingerprint density at radius 1 is 1.39 bits per heavy atom. The minimum absolute atomic E-state index is 0.0907. The van der Waals surface area contributed by atoms with E-state index in [4.69, 9.17) is 0 Å². The average molecular weight is 246 g/mol. The van der Waals surface area contributed by atoms with Crippen molar-refractivity contribution in [3.05, 3.63) is 29.8 Å². The van der Waals surface area contributed by atoms with Crippen LogP contribution in [-0.4, -0.2) is 29.9 Å². The van der Waals surface area contributed by atoms with Crippen molar-refractivity contribution >= 4 is 11.6 Å². The van der Waals surface area contributed by atoms with E-state index in [1.54, 1.807) is 0 Å². The maximum Gasteiger partial charge on any atom is 0.238 e. The van der Waals surface area contributed by atoms with Crippen molar-refractivity contribution in [3.8, 4) is 0 Å². The minimum Gasteiger partial charge on any atom is -0.325 e. The van der Waals surface area contributed by atoms with Gasteiger partial charge in [-0.15, -0.1) is 0 Å². The van der Waals surface area contributed by atoms with Gasteiger partial charge in [-0.05, 0) is 50.4 Å². The highest BCUT2D eigenvalue weighted by Gasteiger charge is 2.22. The van der Waals surface area contributed by atoms with E-state index in [0.717, 1.165) is 18.7 Å². The summed E-state index contributed by atoms with van der Waals surface area (Å²) >= 11 is 0. The van der Waals surface area contributed by atoms with E-state index in [9.17, 15) is 4.79 Å². The molecule has 0 aromatic heterocycles. The monoisotopic (exact) mass is 246 g/mol. The van der Waals surface area contributed by atoms with E-state index >= 15 is 0 Å². The third kappa shape index (κ3) is 3.33. The number of aryl methyl sites for hydroxylation is 1. The van der Waals surface area contributed by atoms with Crippen LogP contribution in [0.4, 0.5) is 5.69 Å². The molecule has 0 spiro atoms. The Morgan fingerprint density at radius 2 is 2.11 bits per heavy atom. The summed E-state index contributed by atoms with van der Waals surface area (Å²) in [4.78, 5) is 14.2. The van der Waals surface area contributed by atoms with Crippen molar-refractivity contribution in [1.29, 1.82) is 0 Å². The number of nitrogens with zero attached hydrogens (tertiary/aromatic N) is 1. The fourth-order valence-corrected chi connectivity index (χ4v) is 2.44. The standard InChI is InChI=1S/C15H22N2O/c1-3-13-6-8-14(9-7-13)16-15(18)11-17-10-4-5-12(17)2/h6-9,12H,3-5,10-11H2,1-2H3,(H,16,18)/t12-/m0/s1. The van der Waals surface area contributed by atoms with Gasteiger partial charge in [-0.1, -0.05) is 19.1 Å². The molecular weight excluding hydrogens is 224 g/mol. The van der Waals surface area contributed by atoms with Gasteiger partial charge in [-0.3, -0.25) is 9.69 Å². The molecule has 1 N–H and O–H groups in total. The van der Waals surface area contributed by atoms with Gasteiger partial charge in [0.2, 0.25) is 5.91 Å². The van der Waals surface area contributed by atoms with Crippen molar-refractivity contribution in [2.75, 3.05) is 18.4 Å². The Bertz CT molecular complexity index is 399. The Labute approximate surface area is 109 Å². The zero-order valence-electron chi connectivity index (χ0n) is 11.3. The molecule has 1 aliphatic heterocycles. The molecule has 1 amide bonds. The fraction of sp³-hybridized carbons (Fsp3) is 0.533. The lowest BCUT2D eigenvalue weighted by atomic mass is 10.1. The first kappa shape index (κ1) is 13.1. The molecule has 1 aromatic rings. The number of rotatable bonds is 4. The van der Waals surface area contributed by atoms with Gasteiger partial charge in [0.15, 0.2) is 0 Å². The first-order valence-electron chi connectivity index (χ1n) is 6.82. The van der Waals surface area contributed by atoms with E-state index in [-0.39, 0.29) is 5.91 Å². The van der Waals surface area contributed by atoms with Crippen LogP contribution in [0, 0.1) is 0 Å². The smallest absolute Gasteiger partial charge is 0.238 e. The third-order valence-corrected chi connectivity index (χ3v) is 3.68. The Morgan fingerprint density at radius 3 is 2.67 bits per heavy atom. The summed E-state index contributed by atoms with van der Waals surface area (Å²) in [5.74, 6) is 0.0907. The first-order valence-corrected chi connectivity index (χ1v) is 6.82. The van der Waals surface area contributed by atoms with Gasteiger partial charge in [0.25, 0.3) is 0 Å². The quantitative estimate of drug-likeness (QED) is 0.886. The molecule has 1 fully saturated rings. The predicted octanol–water partition coefficient (Wildman–Crippen LogP) is 2.67. The molecule has 3 nitrogen and oxygen atoms in total. The molecule has 0 bridgehead atoms. The number of hydrogen-bond acceptors (Lipinski definition) is 2. The Kier molecular flexibility index (Phi) is 4.37. The fourth-order valence-electron chi connectivity index (χ4n) is 2.44. The summed E-state index contributed by atoms with van der Waals surface area (Å²) in [5.41, 5.74) is 2.19. The predicted molar refractivity (Wildman–Crippen MR) is 74.7 cm³/mol. The van der Waals surface area contributed by atoms with Gasteiger partial charge in [0, 0.05) is 11.7 Å². The van der Waals surface area contributed by atoms with Crippen LogP contribution in [0.15, 0.2) is 24.3 Å². The number of anilines is 1. The highest BCUT2D eigenvalue weighted by molar-refractivity contribution is 5.92. The summed E-state index contributed by atoms with van der Waals surface area (Å²) in [6, 6.07) is 8.62. The van der Waals surface area contributed by atoms with E-state index in [2.05, 4.69) is 36.2 Å². The van der Waals surface area contributed by atoms with E-state index in [1.165, 1.54) is 18.4 Å². The minimum atomic E-state index is 0.0907. The molecule has 18 heavy (non-hydrogen) atoms. The SMILES string of the molecule is CCc1ccc(NC(=O)CN2CCC[C@@H]2C)cc1. The van der Waals surface area contributed by atoms with Gasteiger partial charge in [0.1, 0.15) is 0 Å². The largest absolute Gasteiger partial charge is 0.325 e. The number of carbonyl (C=O) groups is 1. The van der Waals surface area contributed by atoms with Gasteiger partial charge >= 0.3 is 0 Å². The molecule has 98 valence electrons. The van der Waals surface area contributed by atoms with Crippen molar-refractivity contribution in [2.24, 2.45) is 0 Å². The number of amides is 1. The molecule has 0 unspecified atom stereocenters. The molecule has 1 atom stereocenters. The Hall–Kier alpha value is -1.35. The molecule has 0 radical (unpaired) electrons.